The van der Waals surface area contributed by atoms with E-state index < -0.39 is 15.8 Å². The number of aliphatic hydroxyl groups is 1. The summed E-state index contributed by atoms with van der Waals surface area (Å²) >= 11 is 0. The van der Waals surface area contributed by atoms with E-state index in [-0.39, 0.29) is 16.9 Å². The van der Waals surface area contributed by atoms with Gasteiger partial charge in [0.1, 0.15) is 5.82 Å². The number of sulfonamides is 1. The standard InChI is InChI=1S/C14H20FNO3S/c1-10-7-12(15)8-11(2)13(10)20(18,19)16-9-14(3-4-14)5-6-17/h7-8,16-17H,3-6,9H2,1-2H3. The smallest absolute Gasteiger partial charge is 0.241 e. The van der Waals surface area contributed by atoms with Gasteiger partial charge in [-0.15, -0.1) is 0 Å². The number of benzene rings is 1. The van der Waals surface area contributed by atoms with E-state index in [1.165, 1.54) is 12.1 Å². The minimum Gasteiger partial charge on any atom is -0.396 e. The Kier molecular flexibility index (Phi) is 4.18. The van der Waals surface area contributed by atoms with Gasteiger partial charge in [-0.3, -0.25) is 0 Å². The van der Waals surface area contributed by atoms with Crippen molar-refractivity contribution in [2.45, 2.75) is 38.0 Å². The molecule has 0 unspecified atom stereocenters. The van der Waals surface area contributed by atoms with E-state index in [9.17, 15) is 12.8 Å². The third-order valence-corrected chi connectivity index (χ3v) is 5.64. The number of halogens is 1. The normalized spacial score (nSPS) is 17.2. The Morgan fingerprint density at radius 3 is 2.30 bits per heavy atom. The van der Waals surface area contributed by atoms with Gasteiger partial charge < -0.3 is 5.11 Å². The topological polar surface area (TPSA) is 66.4 Å². The molecule has 0 atom stereocenters. The van der Waals surface area contributed by atoms with E-state index in [1.54, 1.807) is 13.8 Å². The predicted molar refractivity (Wildman–Crippen MR) is 74.4 cm³/mol. The van der Waals surface area contributed by atoms with Crippen LogP contribution in [0.15, 0.2) is 17.0 Å². The van der Waals surface area contributed by atoms with Gasteiger partial charge in [0.15, 0.2) is 0 Å². The number of aryl methyl sites for hydroxylation is 2. The van der Waals surface area contributed by atoms with Crippen LogP contribution < -0.4 is 4.72 Å². The lowest BCUT2D eigenvalue weighted by Crippen LogP contribution is -2.31. The fourth-order valence-electron chi connectivity index (χ4n) is 2.57. The molecule has 1 fully saturated rings. The zero-order chi connectivity index (χ0) is 15.0. The highest BCUT2D eigenvalue weighted by atomic mass is 32.2. The Labute approximate surface area is 119 Å². The summed E-state index contributed by atoms with van der Waals surface area (Å²) in [5, 5.41) is 8.99. The van der Waals surface area contributed by atoms with Crippen LogP contribution in [0.3, 0.4) is 0 Å². The summed E-state index contributed by atoms with van der Waals surface area (Å²) in [5.41, 5.74) is 0.716. The van der Waals surface area contributed by atoms with Gasteiger partial charge >= 0.3 is 0 Å². The molecule has 0 heterocycles. The molecule has 0 spiro atoms. The summed E-state index contributed by atoms with van der Waals surface area (Å²) in [6, 6.07) is 2.45. The van der Waals surface area contributed by atoms with Crippen molar-refractivity contribution in [2.75, 3.05) is 13.2 Å². The van der Waals surface area contributed by atoms with Crippen LogP contribution >= 0.6 is 0 Å². The fourth-order valence-corrected chi connectivity index (χ4v) is 4.18. The molecule has 0 aliphatic heterocycles. The number of rotatable bonds is 6. The molecule has 0 radical (unpaired) electrons. The van der Waals surface area contributed by atoms with Crippen molar-refractivity contribution in [3.63, 3.8) is 0 Å². The molecule has 2 N–H and O–H groups in total. The number of hydrogen-bond donors (Lipinski definition) is 2. The zero-order valence-electron chi connectivity index (χ0n) is 11.7. The van der Waals surface area contributed by atoms with Crippen LogP contribution in [0.5, 0.6) is 0 Å². The largest absolute Gasteiger partial charge is 0.396 e. The highest BCUT2D eigenvalue weighted by Gasteiger charge is 2.42. The molecule has 2 rings (SSSR count). The summed E-state index contributed by atoms with van der Waals surface area (Å²) in [7, 11) is -3.65. The lowest BCUT2D eigenvalue weighted by molar-refractivity contribution is 0.249. The summed E-state index contributed by atoms with van der Waals surface area (Å²) in [5.74, 6) is -0.433. The number of aliphatic hydroxyl groups excluding tert-OH is 1. The molecule has 0 aromatic heterocycles. The second-order valence-corrected chi connectivity index (χ2v) is 7.37. The van der Waals surface area contributed by atoms with Gasteiger partial charge in [-0.1, -0.05) is 0 Å². The molecular weight excluding hydrogens is 281 g/mol. The highest BCUT2D eigenvalue weighted by Crippen LogP contribution is 2.48. The first-order valence-electron chi connectivity index (χ1n) is 6.67. The van der Waals surface area contributed by atoms with Crippen molar-refractivity contribution in [2.24, 2.45) is 5.41 Å². The van der Waals surface area contributed by atoms with Gasteiger partial charge in [0.2, 0.25) is 10.0 Å². The molecule has 1 saturated carbocycles. The Morgan fingerprint density at radius 1 is 1.30 bits per heavy atom. The van der Waals surface area contributed by atoms with E-state index in [1.807, 2.05) is 0 Å². The molecule has 0 amide bonds. The molecule has 1 aliphatic carbocycles. The monoisotopic (exact) mass is 301 g/mol. The van der Waals surface area contributed by atoms with Crippen LogP contribution in [0, 0.1) is 25.1 Å². The summed E-state index contributed by atoms with van der Waals surface area (Å²) < 4.78 is 40.6. The zero-order valence-corrected chi connectivity index (χ0v) is 12.6. The number of hydrogen-bond acceptors (Lipinski definition) is 3. The maximum Gasteiger partial charge on any atom is 0.241 e. The van der Waals surface area contributed by atoms with Gasteiger partial charge in [-0.05, 0) is 61.8 Å². The SMILES string of the molecule is Cc1cc(F)cc(C)c1S(=O)(=O)NCC1(CCO)CC1. The predicted octanol–water partition coefficient (Wildman–Crippen LogP) is 1.88. The molecule has 6 heteroatoms. The fraction of sp³-hybridized carbons (Fsp3) is 0.571. The average Bonchev–Trinajstić information content (AvgIpc) is 3.06. The second kappa shape index (κ2) is 5.42. The maximum absolute atomic E-state index is 13.2. The molecule has 0 saturated heterocycles. The Hall–Kier alpha value is -0.980. The van der Waals surface area contributed by atoms with E-state index in [2.05, 4.69) is 4.72 Å². The van der Waals surface area contributed by atoms with Crippen LogP contribution in [0.4, 0.5) is 4.39 Å². The van der Waals surface area contributed by atoms with Crippen molar-refractivity contribution < 1.29 is 17.9 Å². The lowest BCUT2D eigenvalue weighted by atomic mass is 10.0. The summed E-state index contributed by atoms with van der Waals surface area (Å²) in [6.45, 7) is 3.57. The Balaban J connectivity index is 2.19. The lowest BCUT2D eigenvalue weighted by Gasteiger charge is -2.17. The van der Waals surface area contributed by atoms with Crippen LogP contribution in [-0.2, 0) is 10.0 Å². The Morgan fingerprint density at radius 2 is 1.85 bits per heavy atom. The molecular formula is C14H20FNO3S. The summed E-state index contributed by atoms with van der Waals surface area (Å²) in [4.78, 5) is 0.152. The van der Waals surface area contributed by atoms with Gasteiger partial charge in [0.25, 0.3) is 0 Å². The minimum absolute atomic E-state index is 0.0658. The molecule has 112 valence electrons. The van der Waals surface area contributed by atoms with Crippen molar-refractivity contribution in [3.8, 4) is 0 Å². The highest BCUT2D eigenvalue weighted by molar-refractivity contribution is 7.89. The first-order valence-corrected chi connectivity index (χ1v) is 8.15. The van der Waals surface area contributed by atoms with Crippen molar-refractivity contribution in [3.05, 3.63) is 29.1 Å². The quantitative estimate of drug-likeness (QED) is 0.843. The first-order chi connectivity index (χ1) is 9.30. The molecule has 0 bridgehead atoms. The molecule has 20 heavy (non-hydrogen) atoms. The van der Waals surface area contributed by atoms with Crippen molar-refractivity contribution >= 4 is 10.0 Å². The molecule has 1 aliphatic rings. The third kappa shape index (κ3) is 3.19. The Bertz CT molecular complexity index is 586. The maximum atomic E-state index is 13.2. The van der Waals surface area contributed by atoms with E-state index in [0.29, 0.717) is 24.1 Å². The van der Waals surface area contributed by atoms with Gasteiger partial charge in [0, 0.05) is 13.2 Å². The van der Waals surface area contributed by atoms with Crippen LogP contribution in [-0.4, -0.2) is 26.7 Å². The third-order valence-electron chi connectivity index (χ3n) is 3.93. The van der Waals surface area contributed by atoms with Gasteiger partial charge in [-0.2, -0.15) is 0 Å². The van der Waals surface area contributed by atoms with E-state index in [4.69, 9.17) is 5.11 Å². The second-order valence-electron chi connectivity index (χ2n) is 5.67. The first kappa shape index (κ1) is 15.4. The summed E-state index contributed by atoms with van der Waals surface area (Å²) in [6.07, 6.45) is 2.46. The molecule has 4 nitrogen and oxygen atoms in total. The average molecular weight is 301 g/mol. The minimum atomic E-state index is -3.65. The van der Waals surface area contributed by atoms with Crippen LogP contribution in [0.1, 0.15) is 30.4 Å². The van der Waals surface area contributed by atoms with E-state index >= 15 is 0 Å². The molecule has 1 aromatic rings. The van der Waals surface area contributed by atoms with Crippen molar-refractivity contribution in [1.82, 2.24) is 4.72 Å². The van der Waals surface area contributed by atoms with Crippen LogP contribution in [0.2, 0.25) is 0 Å². The molecule has 1 aromatic carbocycles. The van der Waals surface area contributed by atoms with Crippen molar-refractivity contribution in [1.29, 1.82) is 0 Å². The van der Waals surface area contributed by atoms with E-state index in [0.717, 1.165) is 12.8 Å². The van der Waals surface area contributed by atoms with Gasteiger partial charge in [0.05, 0.1) is 4.90 Å². The number of nitrogens with one attached hydrogen (secondary N) is 1. The van der Waals surface area contributed by atoms with Gasteiger partial charge in [-0.25, -0.2) is 17.5 Å². The van der Waals surface area contributed by atoms with Crippen LogP contribution in [0.25, 0.3) is 0 Å².